The number of aryl methyl sites for hydroxylation is 1. The zero-order chi connectivity index (χ0) is 49.5. The van der Waals surface area contributed by atoms with Crippen LogP contribution in [0, 0.1) is 6.92 Å². The Labute approximate surface area is 374 Å². The number of hydrogen-bond donors (Lipinski definition) is 0. The minimum atomic E-state index is -2.59. The van der Waals surface area contributed by atoms with E-state index in [-0.39, 0.29) is 42.0 Å². The lowest BCUT2D eigenvalue weighted by Crippen LogP contribution is -2.79. The van der Waals surface area contributed by atoms with E-state index in [2.05, 4.69) is 78.3 Å². The van der Waals surface area contributed by atoms with E-state index in [1.165, 1.54) is 10.4 Å². The van der Waals surface area contributed by atoms with E-state index in [4.69, 9.17) is 8.22 Å². The zero-order valence-corrected chi connectivity index (χ0v) is 34.8. The summed E-state index contributed by atoms with van der Waals surface area (Å²) in [5.41, 5.74) is 13.6. The molecule has 0 saturated carbocycles. The van der Waals surface area contributed by atoms with E-state index in [9.17, 15) is 5.48 Å². The summed E-state index contributed by atoms with van der Waals surface area (Å²) in [6.07, 6.45) is 0. The first-order valence-electron chi connectivity index (χ1n) is 25.7. The maximum atomic E-state index is 9.38. The second-order valence-electron chi connectivity index (χ2n) is 16.6. The van der Waals surface area contributed by atoms with Crippen LogP contribution >= 0.6 is 0 Å². The first-order valence-corrected chi connectivity index (χ1v) is 23.7. The van der Waals surface area contributed by atoms with E-state index >= 15 is 0 Å². The standard InChI is InChI=1S/C57H43BN2Si/c1-38-36-49-53-50(37-38)60(57-45(41-24-12-6-13-25-41)30-17-31-46(57)42-26-14-7-15-27-42)48-33-19-35-52-55(48)58(53)54-47(32-18-34-51(54)61(52,2)3)59(49)56-43(39-20-8-4-9-21-39)28-16-29-44(56)40-22-10-5-11-23-40/h4-37H,1-3H3/i4D,6D,8D,9D,12D,13D,20D,21D,24D,25D. The van der Waals surface area contributed by atoms with Gasteiger partial charge in [-0.1, -0.05) is 205 Å². The third kappa shape index (κ3) is 5.28. The van der Waals surface area contributed by atoms with Crippen molar-refractivity contribution < 1.29 is 13.7 Å². The van der Waals surface area contributed by atoms with Crippen LogP contribution in [0.15, 0.2) is 206 Å². The summed E-state index contributed by atoms with van der Waals surface area (Å²) in [6.45, 7) is 6.57. The minimum absolute atomic E-state index is 0.0984. The van der Waals surface area contributed by atoms with Crippen molar-refractivity contribution in [3.63, 3.8) is 0 Å². The maximum Gasteiger partial charge on any atom is 0.251 e. The van der Waals surface area contributed by atoms with Gasteiger partial charge < -0.3 is 9.80 Å². The lowest BCUT2D eigenvalue weighted by molar-refractivity contribution is 1.24. The van der Waals surface area contributed by atoms with E-state index < -0.39 is 44.3 Å². The molecule has 0 unspecified atom stereocenters. The quantitative estimate of drug-likeness (QED) is 0.155. The number of rotatable bonds is 6. The van der Waals surface area contributed by atoms with Crippen molar-refractivity contribution in [1.29, 1.82) is 0 Å². The Balaban J connectivity index is 1.27. The predicted molar refractivity (Wildman–Crippen MR) is 264 cm³/mol. The van der Waals surface area contributed by atoms with Gasteiger partial charge in [0, 0.05) is 45.0 Å². The molecule has 0 aromatic heterocycles. The van der Waals surface area contributed by atoms with Gasteiger partial charge in [-0.25, -0.2) is 0 Å². The molecular formula is C57H43BN2Si. The number of benzene rings is 9. The maximum absolute atomic E-state index is 9.38. The van der Waals surface area contributed by atoms with Gasteiger partial charge in [0.15, 0.2) is 0 Å². The van der Waals surface area contributed by atoms with Crippen molar-refractivity contribution in [2.24, 2.45) is 0 Å². The Hall–Kier alpha value is -7.14. The van der Waals surface area contributed by atoms with Gasteiger partial charge in [-0.05, 0) is 75.4 Å². The molecule has 3 aliphatic heterocycles. The third-order valence-electron chi connectivity index (χ3n) is 12.9. The first kappa shape index (κ1) is 26.9. The summed E-state index contributed by atoms with van der Waals surface area (Å²) < 4.78 is 90.1. The van der Waals surface area contributed by atoms with Gasteiger partial charge in [-0.3, -0.25) is 0 Å². The topological polar surface area (TPSA) is 6.48 Å². The Morgan fingerprint density at radius 3 is 1.23 bits per heavy atom. The predicted octanol–water partition coefficient (Wildman–Crippen LogP) is 11.9. The van der Waals surface area contributed by atoms with E-state index in [1.807, 2.05) is 97.1 Å². The van der Waals surface area contributed by atoms with Gasteiger partial charge in [-0.15, -0.1) is 0 Å². The monoisotopic (exact) mass is 804 g/mol. The van der Waals surface area contributed by atoms with Crippen LogP contribution < -0.4 is 36.6 Å². The molecule has 0 radical (unpaired) electrons. The van der Waals surface area contributed by atoms with E-state index in [0.717, 1.165) is 67.0 Å². The molecule has 0 atom stereocenters. The molecule has 9 aromatic carbocycles. The fourth-order valence-corrected chi connectivity index (χ4v) is 13.6. The highest BCUT2D eigenvalue weighted by Gasteiger charge is 2.52. The van der Waals surface area contributed by atoms with E-state index in [0.29, 0.717) is 22.5 Å². The Morgan fingerprint density at radius 1 is 0.410 bits per heavy atom. The summed E-state index contributed by atoms with van der Waals surface area (Å²) >= 11 is 0. The average molecular weight is 805 g/mol. The molecule has 0 fully saturated rings. The van der Waals surface area contributed by atoms with Crippen LogP contribution in [-0.2, 0) is 0 Å². The van der Waals surface area contributed by atoms with Crippen molar-refractivity contribution in [1.82, 2.24) is 0 Å². The van der Waals surface area contributed by atoms with Crippen LogP contribution in [0.25, 0.3) is 44.5 Å². The molecule has 9 aromatic rings. The zero-order valence-electron chi connectivity index (χ0n) is 43.8. The van der Waals surface area contributed by atoms with Crippen LogP contribution in [0.3, 0.4) is 0 Å². The van der Waals surface area contributed by atoms with Gasteiger partial charge in [-0.2, -0.15) is 0 Å². The third-order valence-corrected chi connectivity index (χ3v) is 16.4. The van der Waals surface area contributed by atoms with E-state index in [1.54, 1.807) is 0 Å². The molecule has 0 bridgehead atoms. The molecule has 0 N–H and O–H groups in total. The van der Waals surface area contributed by atoms with Crippen molar-refractivity contribution in [2.75, 3.05) is 9.80 Å². The highest BCUT2D eigenvalue weighted by Crippen LogP contribution is 2.52. The number of anilines is 6. The molecule has 0 aliphatic carbocycles. The summed E-state index contributed by atoms with van der Waals surface area (Å²) in [7, 11) is -2.59. The molecule has 12 rings (SSSR count). The molecule has 2 nitrogen and oxygen atoms in total. The molecule has 0 saturated heterocycles. The van der Waals surface area contributed by atoms with Gasteiger partial charge >= 0.3 is 0 Å². The van der Waals surface area contributed by atoms with Crippen molar-refractivity contribution in [2.45, 2.75) is 20.0 Å². The fourth-order valence-electron chi connectivity index (χ4n) is 10.4. The molecule has 0 spiro atoms. The lowest BCUT2D eigenvalue weighted by atomic mass is 9.33. The number of nitrogens with zero attached hydrogens (tertiary/aromatic N) is 2. The van der Waals surface area contributed by atoms with Crippen LogP contribution in [0.1, 0.15) is 19.3 Å². The highest BCUT2D eigenvalue weighted by atomic mass is 28.3. The normalized spacial score (nSPS) is 16.1. The Kier molecular flexibility index (Phi) is 6.03. The van der Waals surface area contributed by atoms with Crippen LogP contribution in [-0.4, -0.2) is 14.8 Å². The molecular weight excluding hydrogens is 752 g/mol. The van der Waals surface area contributed by atoms with Crippen LogP contribution in [0.5, 0.6) is 0 Å². The number of para-hydroxylation sites is 2. The van der Waals surface area contributed by atoms with Gasteiger partial charge in [0.1, 0.15) is 8.07 Å². The Bertz CT molecular complexity index is 3490. The molecule has 3 heterocycles. The molecule has 288 valence electrons. The second-order valence-corrected chi connectivity index (χ2v) is 20.9. The lowest BCUT2D eigenvalue weighted by Gasteiger charge is -2.50. The SMILES string of the molecule is [2H]c1c([2H])c([2H])c(-c2cccc(-c3ccccc3)c2N2c3cc(C)cc4c3B3c5c2cccc5[Si](C)(C)c2cccc(c23)N4c2c(-c3ccccc3)cccc2-c2c([2H])c([2H])c([2H])c([2H])c2[2H])c([2H])c1[2H]. The van der Waals surface area contributed by atoms with Crippen LogP contribution in [0.4, 0.5) is 34.1 Å². The smallest absolute Gasteiger partial charge is 0.251 e. The van der Waals surface area contributed by atoms with Gasteiger partial charge in [0.05, 0.1) is 25.1 Å². The summed E-state index contributed by atoms with van der Waals surface area (Å²) in [6, 6.07) is 45.2. The van der Waals surface area contributed by atoms with Crippen molar-refractivity contribution >= 4 is 75.7 Å². The largest absolute Gasteiger partial charge is 0.310 e. The second kappa shape index (κ2) is 13.7. The molecule has 61 heavy (non-hydrogen) atoms. The van der Waals surface area contributed by atoms with Crippen molar-refractivity contribution in [3.05, 3.63) is 212 Å². The summed E-state index contributed by atoms with van der Waals surface area (Å²) in [5.74, 6) is 0. The van der Waals surface area contributed by atoms with Crippen LogP contribution in [0.2, 0.25) is 13.1 Å². The first-order chi connectivity index (χ1) is 34.1. The number of hydrogen-bond acceptors (Lipinski definition) is 2. The molecule has 4 heteroatoms. The van der Waals surface area contributed by atoms with Crippen molar-refractivity contribution in [3.8, 4) is 44.5 Å². The fraction of sp³-hybridized carbons (Fsp3) is 0.0526. The molecule has 3 aliphatic rings. The van der Waals surface area contributed by atoms with Gasteiger partial charge in [0.25, 0.3) is 6.71 Å². The average Bonchev–Trinajstić information content (AvgIpc) is 3.38. The molecule has 0 amide bonds. The summed E-state index contributed by atoms with van der Waals surface area (Å²) in [4.78, 5) is 4.53. The highest BCUT2D eigenvalue weighted by molar-refractivity contribution is 7.16. The summed E-state index contributed by atoms with van der Waals surface area (Å²) in [5, 5.41) is 2.54. The minimum Gasteiger partial charge on any atom is -0.310 e. The Morgan fingerprint density at radius 2 is 0.803 bits per heavy atom. The van der Waals surface area contributed by atoms with Gasteiger partial charge in [0.2, 0.25) is 0 Å².